The van der Waals surface area contributed by atoms with Crippen LogP contribution >= 0.6 is 0 Å². The highest BCUT2D eigenvalue weighted by Crippen LogP contribution is 2.15. The Morgan fingerprint density at radius 1 is 0.310 bits per heavy atom. The van der Waals surface area contributed by atoms with Crippen molar-refractivity contribution in [2.75, 3.05) is 13.2 Å². The molecule has 0 saturated carbocycles. The molecule has 0 bridgehead atoms. The Bertz CT molecular complexity index is 1410. The lowest BCUT2D eigenvalue weighted by Gasteiger charge is -2.18. The van der Waals surface area contributed by atoms with E-state index in [0.717, 1.165) is 103 Å². The van der Waals surface area contributed by atoms with E-state index in [4.69, 9.17) is 14.2 Å². The predicted octanol–water partition coefficient (Wildman–Crippen LogP) is 20.1. The topological polar surface area (TPSA) is 78.9 Å². The number of unbranched alkanes of at least 4 members (excludes halogenated alkanes) is 28. The van der Waals surface area contributed by atoms with Crippen LogP contribution in [-0.4, -0.2) is 37.2 Å². The van der Waals surface area contributed by atoms with Crippen LogP contribution in [0.1, 0.15) is 278 Å². The van der Waals surface area contributed by atoms with Crippen molar-refractivity contribution >= 4 is 17.9 Å². The number of rotatable bonds is 53. The molecule has 1 unspecified atom stereocenters. The van der Waals surface area contributed by atoms with E-state index in [1.54, 1.807) is 0 Å². The van der Waals surface area contributed by atoms with Crippen LogP contribution in [0.5, 0.6) is 0 Å². The molecule has 0 aromatic rings. The van der Waals surface area contributed by atoms with Crippen LogP contribution in [-0.2, 0) is 28.6 Å². The van der Waals surface area contributed by atoms with Crippen LogP contribution in [0.3, 0.4) is 0 Å². The third-order valence-corrected chi connectivity index (χ3v) is 12.6. The van der Waals surface area contributed by atoms with Gasteiger partial charge in [0, 0.05) is 19.3 Å². The average Bonchev–Trinajstić information content (AvgIpc) is 3.37. The quantitative estimate of drug-likeness (QED) is 0.0199. The summed E-state index contributed by atoms with van der Waals surface area (Å²) < 4.78 is 16.9. The molecule has 0 aliphatic carbocycles. The van der Waals surface area contributed by atoms with Gasteiger partial charge in [-0.15, -0.1) is 0 Å². The van der Waals surface area contributed by atoms with Gasteiger partial charge < -0.3 is 14.2 Å². The summed E-state index contributed by atoms with van der Waals surface area (Å²) in [5, 5.41) is 0. The lowest BCUT2D eigenvalue weighted by molar-refractivity contribution is -0.167. The van der Waals surface area contributed by atoms with E-state index in [1.165, 1.54) is 135 Å². The number of esters is 3. The zero-order valence-corrected chi connectivity index (χ0v) is 46.5. The lowest BCUT2D eigenvalue weighted by atomic mass is 10.1. The zero-order valence-electron chi connectivity index (χ0n) is 46.5. The first kappa shape index (κ1) is 67.3. The maximum Gasteiger partial charge on any atom is 0.306 e. The molecule has 71 heavy (non-hydrogen) atoms. The smallest absolute Gasteiger partial charge is 0.306 e. The van der Waals surface area contributed by atoms with Gasteiger partial charge >= 0.3 is 17.9 Å². The molecular formula is C65H110O6. The minimum Gasteiger partial charge on any atom is -0.462 e. The number of carbonyl (C=O) groups excluding carboxylic acids is 3. The Labute approximate surface area is 438 Å². The molecule has 0 aliphatic rings. The first-order valence-corrected chi connectivity index (χ1v) is 29.8. The maximum absolute atomic E-state index is 12.9. The van der Waals surface area contributed by atoms with Gasteiger partial charge in [-0.2, -0.15) is 0 Å². The van der Waals surface area contributed by atoms with E-state index in [2.05, 4.69) is 118 Å². The number of hydrogen-bond acceptors (Lipinski definition) is 6. The van der Waals surface area contributed by atoms with Gasteiger partial charge in [0.1, 0.15) is 13.2 Å². The van der Waals surface area contributed by atoms with E-state index < -0.39 is 6.10 Å². The molecule has 6 nitrogen and oxygen atoms in total. The SMILES string of the molecule is CC/C=C\C/C=C\C/C=C\C/C=C\CCCCCCCCC(=O)OCC(COC(=O)CCCCCCCC/C=C\C=C/CCCCC)OC(=O)CCCCCCCCCCCC/C=C\C=C/CCCCC. The van der Waals surface area contributed by atoms with E-state index in [9.17, 15) is 14.4 Å². The minimum absolute atomic E-state index is 0.0898. The summed E-state index contributed by atoms with van der Waals surface area (Å²) in [7, 11) is 0. The third-order valence-electron chi connectivity index (χ3n) is 12.6. The van der Waals surface area contributed by atoms with Crippen molar-refractivity contribution in [3.05, 3.63) is 97.2 Å². The highest BCUT2D eigenvalue weighted by molar-refractivity contribution is 5.71. The van der Waals surface area contributed by atoms with Crippen LogP contribution < -0.4 is 0 Å². The summed E-state index contributed by atoms with van der Waals surface area (Å²) in [5.74, 6) is -0.912. The summed E-state index contributed by atoms with van der Waals surface area (Å²) >= 11 is 0. The van der Waals surface area contributed by atoms with Crippen molar-refractivity contribution < 1.29 is 28.6 Å². The molecule has 406 valence electrons. The first-order valence-electron chi connectivity index (χ1n) is 29.8. The maximum atomic E-state index is 12.9. The molecule has 0 amide bonds. The highest BCUT2D eigenvalue weighted by Gasteiger charge is 2.19. The summed E-state index contributed by atoms with van der Waals surface area (Å²) in [6, 6.07) is 0. The van der Waals surface area contributed by atoms with E-state index in [1.807, 2.05) is 0 Å². The molecule has 1 atom stereocenters. The molecule has 0 saturated heterocycles. The van der Waals surface area contributed by atoms with Gasteiger partial charge in [-0.3, -0.25) is 14.4 Å². The largest absolute Gasteiger partial charge is 0.462 e. The van der Waals surface area contributed by atoms with Crippen LogP contribution in [0, 0.1) is 0 Å². The Morgan fingerprint density at radius 2 is 0.592 bits per heavy atom. The Hall–Kier alpha value is -3.67. The molecule has 0 aromatic carbocycles. The van der Waals surface area contributed by atoms with Crippen LogP contribution in [0.2, 0.25) is 0 Å². The van der Waals surface area contributed by atoms with Crippen LogP contribution in [0.4, 0.5) is 0 Å². The van der Waals surface area contributed by atoms with E-state index >= 15 is 0 Å². The number of ether oxygens (including phenoxy) is 3. The van der Waals surface area contributed by atoms with Crippen molar-refractivity contribution in [2.24, 2.45) is 0 Å². The second kappa shape index (κ2) is 58.9. The second-order valence-corrected chi connectivity index (χ2v) is 19.6. The van der Waals surface area contributed by atoms with Crippen LogP contribution in [0.25, 0.3) is 0 Å². The summed E-state index contributed by atoms with van der Waals surface area (Å²) in [6.45, 7) is 6.46. The zero-order chi connectivity index (χ0) is 51.4. The summed E-state index contributed by atoms with van der Waals surface area (Å²) in [5.41, 5.74) is 0. The van der Waals surface area contributed by atoms with Crippen LogP contribution in [0.15, 0.2) is 97.2 Å². The van der Waals surface area contributed by atoms with E-state index in [0.29, 0.717) is 19.3 Å². The highest BCUT2D eigenvalue weighted by atomic mass is 16.6. The van der Waals surface area contributed by atoms with Gasteiger partial charge in [0.15, 0.2) is 6.10 Å². The molecule has 0 fully saturated rings. The Morgan fingerprint density at radius 3 is 0.944 bits per heavy atom. The van der Waals surface area contributed by atoms with Gasteiger partial charge in [-0.25, -0.2) is 0 Å². The molecular weight excluding hydrogens is 877 g/mol. The number of carbonyl (C=O) groups is 3. The standard InChI is InChI=1S/C65H110O6/c1-4-7-10-13-16-19-22-25-28-30-32-34-37-40-43-46-49-52-55-58-64(67)70-61-62(60-69-63(66)57-54-51-48-45-42-39-36-27-24-21-18-15-12-9-6-3)71-65(68)59-56-53-50-47-44-41-38-35-33-31-29-26-23-20-17-14-11-8-5-2/h7,10,16-21,23-28,32,34,62H,4-6,8-9,11-15,22,29-31,33,35-61H2,1-3H3/b10-7-,19-16-,20-17-,21-18-,26-23-,27-24-,28-25-,34-32-. The van der Waals surface area contributed by atoms with Crippen molar-refractivity contribution in [1.82, 2.24) is 0 Å². The van der Waals surface area contributed by atoms with Gasteiger partial charge in [0.25, 0.3) is 0 Å². The Kier molecular flexibility index (Phi) is 55.9. The second-order valence-electron chi connectivity index (χ2n) is 19.6. The van der Waals surface area contributed by atoms with Crippen molar-refractivity contribution in [3.63, 3.8) is 0 Å². The molecule has 0 N–H and O–H groups in total. The van der Waals surface area contributed by atoms with Crippen molar-refractivity contribution in [2.45, 2.75) is 284 Å². The molecule has 0 aliphatic heterocycles. The molecule has 0 radical (unpaired) electrons. The van der Waals surface area contributed by atoms with Gasteiger partial charge in [-0.1, -0.05) is 246 Å². The fourth-order valence-corrected chi connectivity index (χ4v) is 8.12. The van der Waals surface area contributed by atoms with Crippen molar-refractivity contribution in [1.29, 1.82) is 0 Å². The minimum atomic E-state index is -0.792. The predicted molar refractivity (Wildman–Crippen MR) is 307 cm³/mol. The van der Waals surface area contributed by atoms with Crippen molar-refractivity contribution in [3.8, 4) is 0 Å². The monoisotopic (exact) mass is 987 g/mol. The van der Waals surface area contributed by atoms with E-state index in [-0.39, 0.29) is 31.1 Å². The molecule has 0 heterocycles. The molecule has 0 rings (SSSR count). The molecule has 0 spiro atoms. The number of hydrogen-bond donors (Lipinski definition) is 0. The fourth-order valence-electron chi connectivity index (χ4n) is 8.12. The lowest BCUT2D eigenvalue weighted by Crippen LogP contribution is -2.30. The summed E-state index contributed by atoms with van der Waals surface area (Å²) in [4.78, 5) is 38.2. The van der Waals surface area contributed by atoms with Gasteiger partial charge in [-0.05, 0) is 109 Å². The normalized spacial score (nSPS) is 12.8. The Balaban J connectivity index is 4.43. The molecule has 0 aromatic heterocycles. The summed E-state index contributed by atoms with van der Waals surface area (Å²) in [6.07, 6.45) is 78.2. The van der Waals surface area contributed by atoms with Gasteiger partial charge in [0.05, 0.1) is 0 Å². The molecule has 6 heteroatoms. The van der Waals surface area contributed by atoms with Gasteiger partial charge in [0.2, 0.25) is 0 Å². The third kappa shape index (κ3) is 57.1. The number of allylic oxidation sites excluding steroid dienone is 16. The first-order chi connectivity index (χ1) is 35.0. The average molecular weight is 988 g/mol. The fraction of sp³-hybridized carbons (Fsp3) is 0.708.